The van der Waals surface area contributed by atoms with Crippen molar-refractivity contribution in [1.29, 1.82) is 0 Å². The first-order valence-electron chi connectivity index (χ1n) is 20.0. The van der Waals surface area contributed by atoms with Gasteiger partial charge >= 0.3 is 0 Å². The van der Waals surface area contributed by atoms with Gasteiger partial charge in [-0.15, -0.1) is 0 Å². The normalized spacial score (nSPS) is 15.4. The number of allylic oxidation sites excluding steroid dienone is 3. The molecule has 0 saturated carbocycles. The number of nitrogens with zero attached hydrogens (tertiary/aromatic N) is 1. The van der Waals surface area contributed by atoms with Gasteiger partial charge in [-0.2, -0.15) is 0 Å². The molecule has 8 aromatic carbocycles. The fourth-order valence-corrected chi connectivity index (χ4v) is 8.78. The minimum absolute atomic E-state index is 0.243. The second kappa shape index (κ2) is 13.7. The van der Waals surface area contributed by atoms with Crippen LogP contribution in [0.15, 0.2) is 221 Å². The SMILES string of the molecule is CC1(c2cccc3c2oc2ccccc23)C=CC(N(c2ccc(-c3ccc(-c4ccccc4)cc3)cc2)c2ccc(-c3cccc4c3oc3ccccc34)cc2)=CC1. The smallest absolute Gasteiger partial charge is 0.143 e. The van der Waals surface area contributed by atoms with Crippen molar-refractivity contribution in [3.63, 3.8) is 0 Å². The van der Waals surface area contributed by atoms with Gasteiger partial charge in [0.2, 0.25) is 0 Å². The molecular weight excluding hydrogens is 707 g/mol. The second-order valence-corrected chi connectivity index (χ2v) is 15.5. The maximum absolute atomic E-state index is 6.51. The molecule has 0 radical (unpaired) electrons. The number of benzene rings is 8. The molecule has 0 bridgehead atoms. The average molecular weight is 746 g/mol. The molecule has 3 nitrogen and oxygen atoms in total. The van der Waals surface area contributed by atoms with Crippen LogP contribution in [0.4, 0.5) is 11.4 Å². The Labute approximate surface area is 337 Å². The van der Waals surface area contributed by atoms with Crippen molar-refractivity contribution in [2.24, 2.45) is 0 Å². The molecule has 1 aliphatic rings. The van der Waals surface area contributed by atoms with E-state index in [1.54, 1.807) is 0 Å². The van der Waals surface area contributed by atoms with Crippen LogP contribution < -0.4 is 4.90 Å². The number of fused-ring (bicyclic) bond motifs is 6. The van der Waals surface area contributed by atoms with E-state index in [0.717, 1.165) is 78.5 Å². The van der Waals surface area contributed by atoms with Gasteiger partial charge in [0, 0.05) is 55.2 Å². The highest BCUT2D eigenvalue weighted by molar-refractivity contribution is 6.09. The fraction of sp³-hybridized carbons (Fsp3) is 0.0545. The van der Waals surface area contributed by atoms with Crippen molar-refractivity contribution in [1.82, 2.24) is 0 Å². The summed E-state index contributed by atoms with van der Waals surface area (Å²) in [7, 11) is 0. The molecule has 1 unspecified atom stereocenters. The van der Waals surface area contributed by atoms with Gasteiger partial charge < -0.3 is 13.7 Å². The van der Waals surface area contributed by atoms with Gasteiger partial charge in [0.05, 0.1) is 0 Å². The first-order valence-corrected chi connectivity index (χ1v) is 20.0. The summed E-state index contributed by atoms with van der Waals surface area (Å²) in [5, 5.41) is 4.58. The topological polar surface area (TPSA) is 29.5 Å². The number of para-hydroxylation sites is 4. The third-order valence-corrected chi connectivity index (χ3v) is 11.9. The second-order valence-electron chi connectivity index (χ2n) is 15.5. The Morgan fingerprint density at radius 2 is 0.914 bits per heavy atom. The van der Waals surface area contributed by atoms with Crippen LogP contribution in [0.25, 0.3) is 77.3 Å². The van der Waals surface area contributed by atoms with Crippen LogP contribution in [0, 0.1) is 0 Å². The largest absolute Gasteiger partial charge is 0.456 e. The zero-order valence-corrected chi connectivity index (χ0v) is 32.1. The van der Waals surface area contributed by atoms with E-state index in [1.807, 2.05) is 18.2 Å². The Balaban J connectivity index is 0.958. The molecule has 276 valence electrons. The third-order valence-electron chi connectivity index (χ3n) is 11.9. The molecular formula is C55H39NO2. The molecule has 0 fully saturated rings. The first kappa shape index (κ1) is 33.9. The van der Waals surface area contributed by atoms with Crippen molar-refractivity contribution < 1.29 is 8.83 Å². The fourth-order valence-electron chi connectivity index (χ4n) is 8.78. The number of rotatable bonds is 7. The van der Waals surface area contributed by atoms with Crippen molar-refractivity contribution >= 4 is 55.3 Å². The van der Waals surface area contributed by atoms with E-state index in [2.05, 4.69) is 200 Å². The van der Waals surface area contributed by atoms with E-state index in [9.17, 15) is 0 Å². The van der Waals surface area contributed by atoms with Crippen molar-refractivity contribution in [2.45, 2.75) is 18.8 Å². The highest BCUT2D eigenvalue weighted by Crippen LogP contribution is 2.44. The lowest BCUT2D eigenvalue weighted by Crippen LogP contribution is -2.24. The van der Waals surface area contributed by atoms with Crippen molar-refractivity contribution in [3.05, 3.63) is 218 Å². The van der Waals surface area contributed by atoms with E-state index < -0.39 is 0 Å². The van der Waals surface area contributed by atoms with Gasteiger partial charge in [-0.25, -0.2) is 0 Å². The predicted octanol–water partition coefficient (Wildman–Crippen LogP) is 15.4. The summed E-state index contributed by atoms with van der Waals surface area (Å²) in [4.78, 5) is 2.37. The summed E-state index contributed by atoms with van der Waals surface area (Å²) in [6.45, 7) is 2.31. The summed E-state index contributed by atoms with van der Waals surface area (Å²) in [6, 6.07) is 66.7. The molecule has 11 rings (SSSR count). The van der Waals surface area contributed by atoms with E-state index >= 15 is 0 Å². The summed E-state index contributed by atoms with van der Waals surface area (Å²) in [6.07, 6.45) is 7.84. The van der Waals surface area contributed by atoms with Gasteiger partial charge in [-0.05, 0) is 76.7 Å². The van der Waals surface area contributed by atoms with Crippen LogP contribution in [0.1, 0.15) is 18.9 Å². The number of hydrogen-bond donors (Lipinski definition) is 0. The molecule has 10 aromatic rings. The van der Waals surface area contributed by atoms with Gasteiger partial charge in [-0.1, -0.05) is 171 Å². The van der Waals surface area contributed by atoms with Crippen LogP contribution in [0.5, 0.6) is 0 Å². The molecule has 58 heavy (non-hydrogen) atoms. The maximum atomic E-state index is 6.51. The standard InChI is InChI=1S/C55H39NO2/c1-55(50-18-10-17-49-47-14-6-8-20-52(47)58-54(49)50)35-33-44(34-36-55)56(42-29-25-40(26-30-42)39-23-21-38(22-24-39)37-11-3-2-4-12-37)43-31-27-41(28-32-43)45-15-9-16-48-46-13-5-7-19-51(46)57-53(45)48/h2-35H,36H2,1H3. The van der Waals surface area contributed by atoms with Crippen molar-refractivity contribution in [2.75, 3.05) is 4.90 Å². The Kier molecular flexibility index (Phi) is 8.01. The van der Waals surface area contributed by atoms with Gasteiger partial charge in [-0.3, -0.25) is 0 Å². The predicted molar refractivity (Wildman–Crippen MR) is 242 cm³/mol. The lowest BCUT2D eigenvalue weighted by atomic mass is 9.76. The Bertz CT molecular complexity index is 3180. The van der Waals surface area contributed by atoms with Crippen LogP contribution in [-0.2, 0) is 5.41 Å². The molecule has 0 amide bonds. The summed E-state index contributed by atoms with van der Waals surface area (Å²) < 4.78 is 12.9. The molecule has 1 atom stereocenters. The van der Waals surface area contributed by atoms with Crippen LogP contribution in [0.3, 0.4) is 0 Å². The van der Waals surface area contributed by atoms with E-state index in [0.29, 0.717) is 0 Å². The van der Waals surface area contributed by atoms with Crippen LogP contribution in [-0.4, -0.2) is 0 Å². The minimum atomic E-state index is -0.243. The number of anilines is 2. The summed E-state index contributed by atoms with van der Waals surface area (Å²) in [5.74, 6) is 0. The highest BCUT2D eigenvalue weighted by Gasteiger charge is 2.30. The van der Waals surface area contributed by atoms with Gasteiger partial charge in [0.15, 0.2) is 0 Å². The lowest BCUT2D eigenvalue weighted by molar-refractivity contribution is 0.577. The third kappa shape index (κ3) is 5.74. The Morgan fingerprint density at radius 3 is 1.52 bits per heavy atom. The van der Waals surface area contributed by atoms with Crippen LogP contribution >= 0.6 is 0 Å². The van der Waals surface area contributed by atoms with Gasteiger partial charge in [0.25, 0.3) is 0 Å². The zero-order valence-electron chi connectivity index (χ0n) is 32.1. The van der Waals surface area contributed by atoms with E-state index in [-0.39, 0.29) is 5.41 Å². The molecule has 2 heterocycles. The molecule has 1 aliphatic carbocycles. The number of hydrogen-bond acceptors (Lipinski definition) is 3. The summed E-state index contributed by atoms with van der Waals surface area (Å²) in [5.41, 5.74) is 15.0. The Hall–Kier alpha value is -7.36. The van der Waals surface area contributed by atoms with Crippen LogP contribution in [0.2, 0.25) is 0 Å². The van der Waals surface area contributed by atoms with Gasteiger partial charge in [0.1, 0.15) is 22.3 Å². The average Bonchev–Trinajstić information content (AvgIpc) is 3.87. The highest BCUT2D eigenvalue weighted by atomic mass is 16.3. The molecule has 0 spiro atoms. The Morgan fingerprint density at radius 1 is 0.431 bits per heavy atom. The zero-order chi connectivity index (χ0) is 38.6. The minimum Gasteiger partial charge on any atom is -0.456 e. The van der Waals surface area contributed by atoms with E-state index in [4.69, 9.17) is 8.83 Å². The maximum Gasteiger partial charge on any atom is 0.143 e. The first-order chi connectivity index (χ1) is 28.6. The quantitative estimate of drug-likeness (QED) is 0.163. The molecule has 0 N–H and O–H groups in total. The molecule has 0 saturated heterocycles. The molecule has 2 aromatic heterocycles. The monoisotopic (exact) mass is 745 g/mol. The summed E-state index contributed by atoms with van der Waals surface area (Å²) >= 11 is 0. The lowest BCUT2D eigenvalue weighted by Gasteiger charge is -2.33. The van der Waals surface area contributed by atoms with Crippen molar-refractivity contribution in [3.8, 4) is 33.4 Å². The van der Waals surface area contributed by atoms with E-state index in [1.165, 1.54) is 27.8 Å². The number of furan rings is 2. The molecule has 3 heteroatoms. The molecule has 0 aliphatic heterocycles.